The first-order valence-corrected chi connectivity index (χ1v) is 2.40. The third-order valence-electron chi connectivity index (χ3n) is 0.964. The average molecular weight is 147 g/mol. The highest BCUT2D eigenvalue weighted by atomic mass is 19.3. The SMILES string of the molecule is O=Nc1cn[nH]c1C(F)F. The summed E-state index contributed by atoms with van der Waals surface area (Å²) in [6, 6.07) is 0. The van der Waals surface area contributed by atoms with Crippen LogP contribution in [0.15, 0.2) is 11.4 Å². The topological polar surface area (TPSA) is 58.1 Å². The highest BCUT2D eigenvalue weighted by Gasteiger charge is 2.14. The minimum Gasteiger partial charge on any atom is -0.274 e. The molecule has 0 aliphatic carbocycles. The molecule has 1 N–H and O–H groups in total. The predicted molar refractivity (Wildman–Crippen MR) is 29.0 cm³/mol. The highest BCUT2D eigenvalue weighted by molar-refractivity contribution is 5.39. The minimum absolute atomic E-state index is 0.338. The molecule has 54 valence electrons. The number of aromatic nitrogens is 2. The van der Waals surface area contributed by atoms with Crippen molar-refractivity contribution in [2.75, 3.05) is 0 Å². The van der Waals surface area contributed by atoms with Gasteiger partial charge in [0.15, 0.2) is 5.69 Å². The number of alkyl halides is 2. The van der Waals surface area contributed by atoms with Crippen molar-refractivity contribution in [3.05, 3.63) is 16.8 Å². The Bertz CT molecular complexity index is 234. The average Bonchev–Trinajstić information content (AvgIpc) is 2.33. The summed E-state index contributed by atoms with van der Waals surface area (Å²) in [6.45, 7) is 0. The Hall–Kier alpha value is -1.33. The Kier molecular flexibility index (Phi) is 1.70. The minimum atomic E-state index is -2.73. The summed E-state index contributed by atoms with van der Waals surface area (Å²) in [5, 5.41) is 7.51. The van der Waals surface area contributed by atoms with E-state index in [1.807, 2.05) is 5.10 Å². The van der Waals surface area contributed by atoms with E-state index >= 15 is 0 Å². The zero-order chi connectivity index (χ0) is 7.56. The molecule has 0 aromatic carbocycles. The maximum atomic E-state index is 11.8. The van der Waals surface area contributed by atoms with Crippen LogP contribution in [-0.4, -0.2) is 10.2 Å². The van der Waals surface area contributed by atoms with Crippen LogP contribution < -0.4 is 0 Å². The van der Waals surface area contributed by atoms with Crippen LogP contribution in [0.4, 0.5) is 14.5 Å². The zero-order valence-electron chi connectivity index (χ0n) is 4.71. The van der Waals surface area contributed by atoms with Crippen molar-refractivity contribution in [2.24, 2.45) is 5.18 Å². The monoisotopic (exact) mass is 147 g/mol. The van der Waals surface area contributed by atoms with E-state index in [-0.39, 0.29) is 5.69 Å². The molecule has 0 saturated heterocycles. The maximum absolute atomic E-state index is 11.8. The second kappa shape index (κ2) is 2.51. The Morgan fingerprint density at radius 2 is 2.40 bits per heavy atom. The van der Waals surface area contributed by atoms with Crippen LogP contribution in [-0.2, 0) is 0 Å². The third kappa shape index (κ3) is 0.996. The molecule has 1 aromatic rings. The molecule has 1 heterocycles. The Morgan fingerprint density at radius 1 is 1.70 bits per heavy atom. The number of hydrogen-bond acceptors (Lipinski definition) is 3. The standard InChI is InChI=1S/C4H3F2N3O/c5-4(6)3-2(9-10)1-7-8-3/h1,4H,(H,7,8). The van der Waals surface area contributed by atoms with E-state index in [4.69, 9.17) is 0 Å². The summed E-state index contributed by atoms with van der Waals surface area (Å²) in [5.74, 6) is 0. The number of rotatable bonds is 2. The maximum Gasteiger partial charge on any atom is 0.282 e. The number of nitrogens with zero attached hydrogens (tertiary/aromatic N) is 2. The van der Waals surface area contributed by atoms with E-state index in [1.54, 1.807) is 0 Å². The van der Waals surface area contributed by atoms with Crippen LogP contribution in [0.5, 0.6) is 0 Å². The van der Waals surface area contributed by atoms with Crippen molar-refractivity contribution in [3.8, 4) is 0 Å². The van der Waals surface area contributed by atoms with Gasteiger partial charge in [0.05, 0.1) is 6.20 Å². The number of aromatic amines is 1. The largest absolute Gasteiger partial charge is 0.282 e. The van der Waals surface area contributed by atoms with Gasteiger partial charge in [-0.15, -0.1) is 4.91 Å². The van der Waals surface area contributed by atoms with E-state index < -0.39 is 12.1 Å². The first kappa shape index (κ1) is 6.79. The third-order valence-corrected chi connectivity index (χ3v) is 0.964. The number of hydrogen-bond donors (Lipinski definition) is 1. The smallest absolute Gasteiger partial charge is 0.274 e. The van der Waals surface area contributed by atoms with Crippen molar-refractivity contribution in [1.29, 1.82) is 0 Å². The quantitative estimate of drug-likeness (QED) is 0.647. The summed E-state index contributed by atoms with van der Waals surface area (Å²) in [4.78, 5) is 9.75. The van der Waals surface area contributed by atoms with Gasteiger partial charge in [-0.3, -0.25) is 5.10 Å². The van der Waals surface area contributed by atoms with Gasteiger partial charge in [-0.1, -0.05) is 0 Å². The van der Waals surface area contributed by atoms with Gasteiger partial charge in [-0.25, -0.2) is 8.78 Å². The lowest BCUT2D eigenvalue weighted by molar-refractivity contribution is 0.146. The van der Waals surface area contributed by atoms with E-state index in [9.17, 15) is 13.7 Å². The van der Waals surface area contributed by atoms with E-state index in [0.717, 1.165) is 6.20 Å². The molecular formula is C4H3F2N3O. The molecule has 1 aromatic heterocycles. The Balaban J connectivity index is 3.01. The van der Waals surface area contributed by atoms with Crippen LogP contribution >= 0.6 is 0 Å². The van der Waals surface area contributed by atoms with E-state index in [1.165, 1.54) is 0 Å². The number of H-pyrrole nitrogens is 1. The predicted octanol–water partition coefficient (Wildman–Crippen LogP) is 1.75. The molecule has 1 rings (SSSR count). The Morgan fingerprint density at radius 3 is 2.80 bits per heavy atom. The molecule has 0 fully saturated rings. The first-order chi connectivity index (χ1) is 4.75. The molecule has 10 heavy (non-hydrogen) atoms. The van der Waals surface area contributed by atoms with Crippen molar-refractivity contribution in [2.45, 2.75) is 6.43 Å². The summed E-state index contributed by atoms with van der Waals surface area (Å²) >= 11 is 0. The molecule has 0 aliphatic heterocycles. The lowest BCUT2D eigenvalue weighted by Gasteiger charge is -1.90. The number of nitrogens with one attached hydrogen (secondary N) is 1. The van der Waals surface area contributed by atoms with Gasteiger partial charge >= 0.3 is 0 Å². The van der Waals surface area contributed by atoms with Gasteiger partial charge < -0.3 is 0 Å². The summed E-state index contributed by atoms with van der Waals surface area (Å²) in [7, 11) is 0. The van der Waals surface area contributed by atoms with Crippen molar-refractivity contribution >= 4 is 5.69 Å². The molecule has 0 saturated carbocycles. The van der Waals surface area contributed by atoms with E-state index in [0.29, 0.717) is 0 Å². The van der Waals surface area contributed by atoms with E-state index in [2.05, 4.69) is 10.3 Å². The molecule has 4 nitrogen and oxygen atoms in total. The van der Waals surface area contributed by atoms with Crippen molar-refractivity contribution in [3.63, 3.8) is 0 Å². The van der Waals surface area contributed by atoms with Gasteiger partial charge in [-0.05, 0) is 5.18 Å². The molecule has 0 aliphatic rings. The molecule has 0 bridgehead atoms. The van der Waals surface area contributed by atoms with Gasteiger partial charge in [0.2, 0.25) is 0 Å². The van der Waals surface area contributed by atoms with Crippen LogP contribution in [0.2, 0.25) is 0 Å². The fraction of sp³-hybridized carbons (Fsp3) is 0.250. The normalized spacial score (nSPS) is 10.3. The molecule has 0 unspecified atom stereocenters. The van der Waals surface area contributed by atoms with Crippen molar-refractivity contribution < 1.29 is 8.78 Å². The zero-order valence-corrected chi connectivity index (χ0v) is 4.71. The van der Waals surface area contributed by atoms with Gasteiger partial charge in [-0.2, -0.15) is 5.10 Å². The molecular weight excluding hydrogens is 144 g/mol. The number of nitroso groups, excluding NO2 is 1. The second-order valence-electron chi connectivity index (χ2n) is 1.56. The molecule has 6 heteroatoms. The fourth-order valence-corrected chi connectivity index (χ4v) is 0.523. The molecule has 0 atom stereocenters. The van der Waals surface area contributed by atoms with Gasteiger partial charge in [0.1, 0.15) is 5.69 Å². The highest BCUT2D eigenvalue weighted by Crippen LogP contribution is 2.25. The van der Waals surface area contributed by atoms with Crippen LogP contribution in [0.1, 0.15) is 12.1 Å². The second-order valence-corrected chi connectivity index (χ2v) is 1.56. The summed E-state index contributed by atoms with van der Waals surface area (Å²) < 4.78 is 23.6. The molecule has 0 radical (unpaired) electrons. The summed E-state index contributed by atoms with van der Waals surface area (Å²) in [5.41, 5.74) is -0.870. The summed E-state index contributed by atoms with van der Waals surface area (Å²) in [6.07, 6.45) is -1.77. The Labute approximate surface area is 54.2 Å². The lowest BCUT2D eigenvalue weighted by Crippen LogP contribution is -1.83. The van der Waals surface area contributed by atoms with Crippen molar-refractivity contribution in [1.82, 2.24) is 10.2 Å². The van der Waals surface area contributed by atoms with Crippen LogP contribution in [0, 0.1) is 4.91 Å². The van der Waals surface area contributed by atoms with Crippen LogP contribution in [0.25, 0.3) is 0 Å². The van der Waals surface area contributed by atoms with Crippen LogP contribution in [0.3, 0.4) is 0 Å². The molecule has 0 amide bonds. The lowest BCUT2D eigenvalue weighted by atomic mass is 10.4. The van der Waals surface area contributed by atoms with Gasteiger partial charge in [0, 0.05) is 0 Å². The van der Waals surface area contributed by atoms with Gasteiger partial charge in [0.25, 0.3) is 6.43 Å². The fourth-order valence-electron chi connectivity index (χ4n) is 0.523. The number of halogens is 2. The first-order valence-electron chi connectivity index (χ1n) is 2.40. The molecule has 0 spiro atoms.